The Morgan fingerprint density at radius 2 is 1.91 bits per heavy atom. The van der Waals surface area contributed by atoms with Gasteiger partial charge in [0.25, 0.3) is 5.91 Å². The maximum absolute atomic E-state index is 12.0. The molecule has 0 unspecified atom stereocenters. The van der Waals surface area contributed by atoms with Gasteiger partial charge in [0.05, 0.1) is 11.3 Å². The molecule has 1 aromatic rings. The van der Waals surface area contributed by atoms with E-state index in [1.807, 2.05) is 13.0 Å². The summed E-state index contributed by atoms with van der Waals surface area (Å²) in [4.78, 5) is 24.0. The molecule has 6 heteroatoms. The molecule has 0 saturated heterocycles. The van der Waals surface area contributed by atoms with E-state index >= 15 is 0 Å². The van der Waals surface area contributed by atoms with E-state index in [-0.39, 0.29) is 16.9 Å². The van der Waals surface area contributed by atoms with Crippen LogP contribution in [0.3, 0.4) is 0 Å². The van der Waals surface area contributed by atoms with Crippen LogP contribution in [0, 0.1) is 5.92 Å². The second-order valence-electron chi connectivity index (χ2n) is 5.76. The fourth-order valence-corrected chi connectivity index (χ4v) is 3.08. The Morgan fingerprint density at radius 3 is 2.61 bits per heavy atom. The number of amides is 2. The van der Waals surface area contributed by atoms with Crippen LogP contribution in [0.1, 0.15) is 49.4 Å². The van der Waals surface area contributed by atoms with Crippen molar-refractivity contribution in [2.24, 2.45) is 5.92 Å². The molecule has 1 saturated carbocycles. The Balaban J connectivity index is 1.92. The summed E-state index contributed by atoms with van der Waals surface area (Å²) < 4.78 is 0. The fraction of sp³-hybridized carbons (Fsp3) is 0.471. The van der Waals surface area contributed by atoms with Crippen LogP contribution >= 0.6 is 12.2 Å². The van der Waals surface area contributed by atoms with E-state index in [1.54, 1.807) is 18.2 Å². The molecule has 2 amide bonds. The van der Waals surface area contributed by atoms with Crippen LogP contribution < -0.4 is 16.0 Å². The monoisotopic (exact) mass is 333 g/mol. The van der Waals surface area contributed by atoms with Gasteiger partial charge in [0.2, 0.25) is 5.91 Å². The molecule has 1 aliphatic carbocycles. The van der Waals surface area contributed by atoms with Crippen molar-refractivity contribution in [2.75, 3.05) is 11.9 Å². The Morgan fingerprint density at radius 1 is 1.22 bits per heavy atom. The zero-order chi connectivity index (χ0) is 16.7. The largest absolute Gasteiger partial charge is 0.352 e. The highest BCUT2D eigenvalue weighted by Gasteiger charge is 2.19. The molecular weight excluding hydrogens is 310 g/mol. The molecule has 1 aromatic carbocycles. The third-order valence-corrected chi connectivity index (χ3v) is 4.16. The topological polar surface area (TPSA) is 70.2 Å². The first-order chi connectivity index (χ1) is 11.1. The number of benzene rings is 1. The number of para-hydroxylation sites is 1. The van der Waals surface area contributed by atoms with E-state index in [0.29, 0.717) is 30.1 Å². The molecule has 0 heterocycles. The number of carbonyl (C=O) groups is 2. The molecule has 0 aliphatic heterocycles. The molecule has 0 atom stereocenters. The van der Waals surface area contributed by atoms with Crippen LogP contribution in [0.2, 0.25) is 0 Å². The van der Waals surface area contributed by atoms with E-state index in [0.717, 1.165) is 12.8 Å². The summed E-state index contributed by atoms with van der Waals surface area (Å²) in [5.41, 5.74) is 1.09. The van der Waals surface area contributed by atoms with E-state index in [9.17, 15) is 9.59 Å². The van der Waals surface area contributed by atoms with Crippen molar-refractivity contribution in [1.29, 1.82) is 0 Å². The number of nitrogens with one attached hydrogen (secondary N) is 3. The maximum atomic E-state index is 12.0. The lowest BCUT2D eigenvalue weighted by atomic mass is 10.0. The minimum atomic E-state index is -0.171. The van der Waals surface area contributed by atoms with E-state index in [4.69, 9.17) is 12.2 Å². The van der Waals surface area contributed by atoms with Gasteiger partial charge < -0.3 is 16.0 Å². The maximum Gasteiger partial charge on any atom is 0.253 e. The summed E-state index contributed by atoms with van der Waals surface area (Å²) >= 11 is 5.19. The van der Waals surface area contributed by atoms with Crippen molar-refractivity contribution < 1.29 is 9.59 Å². The molecule has 23 heavy (non-hydrogen) atoms. The van der Waals surface area contributed by atoms with Gasteiger partial charge in [-0.2, -0.15) is 0 Å². The van der Waals surface area contributed by atoms with E-state index in [1.165, 1.54) is 12.8 Å². The van der Waals surface area contributed by atoms with Crippen molar-refractivity contribution >= 4 is 34.8 Å². The predicted octanol–water partition coefficient (Wildman–Crippen LogP) is 2.83. The first kappa shape index (κ1) is 17.4. The van der Waals surface area contributed by atoms with Gasteiger partial charge in [-0.15, -0.1) is 0 Å². The number of thiocarbonyl (C=S) groups is 1. The Hall–Kier alpha value is -1.95. The standard InChI is InChI=1S/C17H23N3O2S/c1-2-18-16(22)13-9-5-6-10-14(13)19-17(23)20-15(21)11-12-7-3-4-8-12/h5-6,9-10,12H,2-4,7-8,11H2,1H3,(H,18,22)(H2,19,20,21,23). The summed E-state index contributed by atoms with van der Waals surface area (Å²) in [5.74, 6) is 0.237. The second-order valence-corrected chi connectivity index (χ2v) is 6.17. The van der Waals surface area contributed by atoms with Crippen LogP contribution in [0.25, 0.3) is 0 Å². The summed E-state index contributed by atoms with van der Waals surface area (Å²) in [6.07, 6.45) is 5.17. The number of hydrogen-bond donors (Lipinski definition) is 3. The molecule has 0 radical (unpaired) electrons. The zero-order valence-corrected chi connectivity index (χ0v) is 14.2. The van der Waals surface area contributed by atoms with Gasteiger partial charge >= 0.3 is 0 Å². The summed E-state index contributed by atoms with van der Waals surface area (Å²) in [7, 11) is 0. The van der Waals surface area contributed by atoms with E-state index in [2.05, 4.69) is 16.0 Å². The first-order valence-electron chi connectivity index (χ1n) is 8.08. The van der Waals surface area contributed by atoms with Crippen molar-refractivity contribution in [2.45, 2.75) is 39.0 Å². The Labute approximate surface area is 142 Å². The normalized spacial score (nSPS) is 14.3. The van der Waals surface area contributed by atoms with Gasteiger partial charge in [-0.05, 0) is 50.0 Å². The smallest absolute Gasteiger partial charge is 0.253 e. The molecule has 0 bridgehead atoms. The highest BCUT2D eigenvalue weighted by atomic mass is 32.1. The van der Waals surface area contributed by atoms with Crippen LogP contribution in [0.4, 0.5) is 5.69 Å². The zero-order valence-electron chi connectivity index (χ0n) is 13.4. The fourth-order valence-electron chi connectivity index (χ4n) is 2.85. The lowest BCUT2D eigenvalue weighted by Gasteiger charge is -2.14. The van der Waals surface area contributed by atoms with Gasteiger partial charge in [0.15, 0.2) is 5.11 Å². The molecule has 124 valence electrons. The quantitative estimate of drug-likeness (QED) is 0.725. The minimum absolute atomic E-state index is 0.0649. The lowest BCUT2D eigenvalue weighted by Crippen LogP contribution is -2.35. The van der Waals surface area contributed by atoms with Gasteiger partial charge in [0, 0.05) is 13.0 Å². The Bertz CT molecular complexity index is 583. The van der Waals surface area contributed by atoms with Crippen molar-refractivity contribution in [3.8, 4) is 0 Å². The second kappa shape index (κ2) is 8.62. The van der Waals surface area contributed by atoms with Crippen LogP contribution in [-0.4, -0.2) is 23.5 Å². The first-order valence-corrected chi connectivity index (χ1v) is 8.49. The average molecular weight is 333 g/mol. The molecule has 0 aromatic heterocycles. The highest BCUT2D eigenvalue weighted by Crippen LogP contribution is 2.27. The number of carbonyl (C=O) groups excluding carboxylic acids is 2. The van der Waals surface area contributed by atoms with Gasteiger partial charge in [-0.1, -0.05) is 25.0 Å². The molecule has 5 nitrogen and oxygen atoms in total. The number of rotatable bonds is 5. The highest BCUT2D eigenvalue weighted by molar-refractivity contribution is 7.80. The molecule has 2 rings (SSSR count). The predicted molar refractivity (Wildman–Crippen MR) is 95.4 cm³/mol. The molecular formula is C17H23N3O2S. The third kappa shape index (κ3) is 5.32. The number of anilines is 1. The van der Waals surface area contributed by atoms with Gasteiger partial charge in [0.1, 0.15) is 0 Å². The molecule has 3 N–H and O–H groups in total. The van der Waals surface area contributed by atoms with E-state index < -0.39 is 0 Å². The summed E-state index contributed by atoms with van der Waals surface area (Å²) in [6.45, 7) is 2.41. The number of hydrogen-bond acceptors (Lipinski definition) is 3. The molecule has 1 fully saturated rings. The Kier molecular flexibility index (Phi) is 6.52. The van der Waals surface area contributed by atoms with Gasteiger partial charge in [-0.25, -0.2) is 0 Å². The molecule has 0 spiro atoms. The van der Waals surface area contributed by atoms with Crippen molar-refractivity contribution in [1.82, 2.24) is 10.6 Å². The van der Waals surface area contributed by atoms with Crippen molar-refractivity contribution in [3.05, 3.63) is 29.8 Å². The van der Waals surface area contributed by atoms with Crippen LogP contribution in [0.15, 0.2) is 24.3 Å². The van der Waals surface area contributed by atoms with Gasteiger partial charge in [-0.3, -0.25) is 9.59 Å². The SMILES string of the molecule is CCNC(=O)c1ccccc1NC(=S)NC(=O)CC1CCCC1. The average Bonchev–Trinajstić information content (AvgIpc) is 3.00. The molecule has 1 aliphatic rings. The van der Waals surface area contributed by atoms with Crippen molar-refractivity contribution in [3.63, 3.8) is 0 Å². The summed E-state index contributed by atoms with van der Waals surface area (Å²) in [6, 6.07) is 7.09. The lowest BCUT2D eigenvalue weighted by molar-refractivity contribution is -0.120. The minimum Gasteiger partial charge on any atom is -0.352 e. The third-order valence-electron chi connectivity index (χ3n) is 3.96. The van der Waals surface area contributed by atoms with Crippen LogP contribution in [0.5, 0.6) is 0 Å². The van der Waals surface area contributed by atoms with Crippen LogP contribution in [-0.2, 0) is 4.79 Å². The summed E-state index contributed by atoms with van der Waals surface area (Å²) in [5, 5.41) is 8.63.